The van der Waals surface area contributed by atoms with Gasteiger partial charge in [-0.2, -0.15) is 0 Å². The number of pyridine rings is 1. The zero-order valence-corrected chi connectivity index (χ0v) is 13.7. The lowest BCUT2D eigenvalue weighted by atomic mass is 10.0. The van der Waals surface area contributed by atoms with Gasteiger partial charge in [0.25, 0.3) is 0 Å². The fourth-order valence-corrected chi connectivity index (χ4v) is 2.41. The van der Waals surface area contributed by atoms with E-state index >= 15 is 0 Å². The van der Waals surface area contributed by atoms with Crippen LogP contribution in [-0.2, 0) is 6.61 Å². The third-order valence-electron chi connectivity index (χ3n) is 3.73. The standard InChI is InChI=1S/C20H17NO4/c1-24-19-10-8-16(12-21-19)15-7-9-17(20(22)23)18(11-15)25-13-14-5-3-2-4-6-14/h2-12H,13H2,1H3,(H,22,23). The molecule has 126 valence electrons. The summed E-state index contributed by atoms with van der Waals surface area (Å²) in [6.45, 7) is 0.297. The van der Waals surface area contributed by atoms with E-state index in [2.05, 4.69) is 4.98 Å². The van der Waals surface area contributed by atoms with Gasteiger partial charge in [0, 0.05) is 17.8 Å². The van der Waals surface area contributed by atoms with Crippen molar-refractivity contribution in [2.75, 3.05) is 7.11 Å². The fourth-order valence-electron chi connectivity index (χ4n) is 2.41. The molecule has 1 N–H and O–H groups in total. The molecule has 1 aromatic heterocycles. The highest BCUT2D eigenvalue weighted by Gasteiger charge is 2.13. The number of carboxylic acid groups (broad SMARTS) is 1. The summed E-state index contributed by atoms with van der Waals surface area (Å²) in [6.07, 6.45) is 1.68. The van der Waals surface area contributed by atoms with Crippen molar-refractivity contribution < 1.29 is 19.4 Å². The predicted molar refractivity (Wildman–Crippen MR) is 94.0 cm³/mol. The van der Waals surface area contributed by atoms with E-state index in [4.69, 9.17) is 9.47 Å². The number of methoxy groups -OCH3 is 1. The van der Waals surface area contributed by atoms with Crippen molar-refractivity contribution in [1.29, 1.82) is 0 Å². The average Bonchev–Trinajstić information content (AvgIpc) is 2.67. The highest BCUT2D eigenvalue weighted by Crippen LogP contribution is 2.28. The number of ether oxygens (including phenoxy) is 2. The van der Waals surface area contributed by atoms with Gasteiger partial charge in [-0.25, -0.2) is 9.78 Å². The number of hydrogen-bond acceptors (Lipinski definition) is 4. The van der Waals surface area contributed by atoms with Gasteiger partial charge < -0.3 is 14.6 Å². The van der Waals surface area contributed by atoms with Crippen LogP contribution in [0, 0.1) is 0 Å². The van der Waals surface area contributed by atoms with Gasteiger partial charge in [-0.1, -0.05) is 36.4 Å². The fraction of sp³-hybridized carbons (Fsp3) is 0.100. The van der Waals surface area contributed by atoms with Crippen molar-refractivity contribution in [2.24, 2.45) is 0 Å². The molecule has 5 heteroatoms. The quantitative estimate of drug-likeness (QED) is 0.736. The minimum Gasteiger partial charge on any atom is -0.488 e. The Bertz CT molecular complexity index is 861. The van der Waals surface area contributed by atoms with Crippen LogP contribution in [0.5, 0.6) is 11.6 Å². The summed E-state index contributed by atoms with van der Waals surface area (Å²) in [5.74, 6) is -0.182. The number of hydrogen-bond donors (Lipinski definition) is 1. The Hall–Kier alpha value is -3.34. The first-order chi connectivity index (χ1) is 12.2. The summed E-state index contributed by atoms with van der Waals surface area (Å²) in [5, 5.41) is 9.38. The monoisotopic (exact) mass is 335 g/mol. The van der Waals surface area contributed by atoms with E-state index < -0.39 is 5.97 Å². The molecule has 0 aliphatic carbocycles. The maximum absolute atomic E-state index is 11.5. The predicted octanol–water partition coefficient (Wildman–Crippen LogP) is 4.03. The van der Waals surface area contributed by atoms with Crippen LogP contribution < -0.4 is 9.47 Å². The number of aromatic carboxylic acids is 1. The molecular formula is C20H17NO4. The highest BCUT2D eigenvalue weighted by atomic mass is 16.5. The first kappa shape index (κ1) is 16.5. The number of benzene rings is 2. The van der Waals surface area contributed by atoms with Crippen molar-refractivity contribution in [1.82, 2.24) is 4.98 Å². The normalized spacial score (nSPS) is 10.3. The molecule has 1 heterocycles. The van der Waals surface area contributed by atoms with Crippen molar-refractivity contribution >= 4 is 5.97 Å². The highest BCUT2D eigenvalue weighted by molar-refractivity contribution is 5.92. The lowest BCUT2D eigenvalue weighted by Gasteiger charge is -2.11. The molecule has 0 spiro atoms. The maximum Gasteiger partial charge on any atom is 0.339 e. The summed E-state index contributed by atoms with van der Waals surface area (Å²) < 4.78 is 10.8. The summed E-state index contributed by atoms with van der Waals surface area (Å²) in [5.41, 5.74) is 2.77. The second-order valence-electron chi connectivity index (χ2n) is 5.38. The number of carboxylic acids is 1. The smallest absolute Gasteiger partial charge is 0.339 e. The molecule has 3 rings (SSSR count). The summed E-state index contributed by atoms with van der Waals surface area (Å²) in [4.78, 5) is 15.6. The molecule has 2 aromatic carbocycles. The van der Waals surface area contributed by atoms with E-state index in [1.165, 1.54) is 0 Å². The van der Waals surface area contributed by atoms with Crippen molar-refractivity contribution in [3.8, 4) is 22.8 Å². The molecule has 0 unspecified atom stereocenters. The van der Waals surface area contributed by atoms with E-state index in [0.29, 0.717) is 18.2 Å². The van der Waals surface area contributed by atoms with Gasteiger partial charge in [0.15, 0.2) is 0 Å². The Morgan fingerprint density at radius 1 is 1.04 bits per heavy atom. The van der Waals surface area contributed by atoms with Gasteiger partial charge in [-0.3, -0.25) is 0 Å². The number of aromatic nitrogens is 1. The topological polar surface area (TPSA) is 68.7 Å². The molecule has 0 saturated heterocycles. The lowest BCUT2D eigenvalue weighted by molar-refractivity contribution is 0.0692. The first-order valence-corrected chi connectivity index (χ1v) is 7.72. The molecule has 5 nitrogen and oxygen atoms in total. The van der Waals surface area contributed by atoms with Gasteiger partial charge in [-0.05, 0) is 29.3 Å². The Morgan fingerprint density at radius 3 is 2.44 bits per heavy atom. The summed E-state index contributed by atoms with van der Waals surface area (Å²) in [7, 11) is 1.55. The molecule has 0 aliphatic heterocycles. The molecule has 0 aliphatic rings. The Labute approximate surface area is 145 Å². The third kappa shape index (κ3) is 3.95. The zero-order valence-electron chi connectivity index (χ0n) is 13.7. The van der Waals surface area contributed by atoms with Crippen molar-refractivity contribution in [3.63, 3.8) is 0 Å². The van der Waals surface area contributed by atoms with Gasteiger partial charge in [0.05, 0.1) is 7.11 Å². The molecule has 0 saturated carbocycles. The van der Waals surface area contributed by atoms with Crippen molar-refractivity contribution in [2.45, 2.75) is 6.61 Å². The lowest BCUT2D eigenvalue weighted by Crippen LogP contribution is -2.03. The summed E-state index contributed by atoms with van der Waals surface area (Å²) >= 11 is 0. The molecule has 0 amide bonds. The van der Waals surface area contributed by atoms with Gasteiger partial charge in [0.2, 0.25) is 5.88 Å². The van der Waals surface area contributed by atoms with E-state index in [9.17, 15) is 9.90 Å². The van der Waals surface area contributed by atoms with Crippen LogP contribution in [0.1, 0.15) is 15.9 Å². The van der Waals surface area contributed by atoms with E-state index in [1.807, 2.05) is 36.4 Å². The largest absolute Gasteiger partial charge is 0.488 e. The molecule has 0 fully saturated rings. The van der Waals surface area contributed by atoms with Crippen LogP contribution >= 0.6 is 0 Å². The Kier molecular flexibility index (Phi) is 4.95. The molecule has 3 aromatic rings. The molecule has 0 radical (unpaired) electrons. The minimum absolute atomic E-state index is 0.126. The number of rotatable bonds is 6. The van der Waals surface area contributed by atoms with Gasteiger partial charge >= 0.3 is 5.97 Å². The molecule has 0 bridgehead atoms. The van der Waals surface area contributed by atoms with Gasteiger partial charge in [-0.15, -0.1) is 0 Å². The van der Waals surface area contributed by atoms with E-state index in [-0.39, 0.29) is 5.56 Å². The SMILES string of the molecule is COc1ccc(-c2ccc(C(=O)O)c(OCc3ccccc3)c2)cn1. The van der Waals surface area contributed by atoms with Crippen LogP contribution in [-0.4, -0.2) is 23.2 Å². The van der Waals surface area contributed by atoms with E-state index in [1.54, 1.807) is 37.6 Å². The second-order valence-corrected chi connectivity index (χ2v) is 5.38. The van der Waals surface area contributed by atoms with E-state index in [0.717, 1.165) is 16.7 Å². The molecular weight excluding hydrogens is 318 g/mol. The van der Waals surface area contributed by atoms with Crippen LogP contribution in [0.2, 0.25) is 0 Å². The summed E-state index contributed by atoms with van der Waals surface area (Å²) in [6, 6.07) is 18.2. The van der Waals surface area contributed by atoms with Crippen LogP contribution in [0.3, 0.4) is 0 Å². The third-order valence-corrected chi connectivity index (χ3v) is 3.73. The Balaban J connectivity index is 1.89. The van der Waals surface area contributed by atoms with Crippen molar-refractivity contribution in [3.05, 3.63) is 78.0 Å². The molecule has 25 heavy (non-hydrogen) atoms. The van der Waals surface area contributed by atoms with Gasteiger partial charge in [0.1, 0.15) is 17.9 Å². The second kappa shape index (κ2) is 7.49. The first-order valence-electron chi connectivity index (χ1n) is 7.72. The Morgan fingerprint density at radius 2 is 1.80 bits per heavy atom. The van der Waals surface area contributed by atoms with Crippen LogP contribution in [0.4, 0.5) is 0 Å². The molecule has 0 atom stereocenters. The van der Waals surface area contributed by atoms with Crippen LogP contribution in [0.25, 0.3) is 11.1 Å². The zero-order chi connectivity index (χ0) is 17.6. The van der Waals surface area contributed by atoms with Crippen LogP contribution in [0.15, 0.2) is 66.9 Å². The number of nitrogens with zero attached hydrogens (tertiary/aromatic N) is 1. The average molecular weight is 335 g/mol. The maximum atomic E-state index is 11.5. The number of carbonyl (C=O) groups is 1. The minimum atomic E-state index is -1.03.